The lowest BCUT2D eigenvalue weighted by Gasteiger charge is -2.38. The summed E-state index contributed by atoms with van der Waals surface area (Å²) in [4.78, 5) is 24.4. The Morgan fingerprint density at radius 2 is 1.95 bits per heavy atom. The van der Waals surface area contributed by atoms with Crippen LogP contribution < -0.4 is 0 Å². The number of likely N-dealkylation sites (tertiary alicyclic amines) is 1. The number of Topliss-reactive ketones (excluding diaryl/α,β-unsaturated/α-hetero) is 1. The van der Waals surface area contributed by atoms with Gasteiger partial charge in [0.1, 0.15) is 5.37 Å². The molecule has 1 aliphatic heterocycles. The zero-order valence-corrected chi connectivity index (χ0v) is 12.1. The number of nitrogens with zero attached hydrogens (tertiary/aromatic N) is 1. The molecule has 1 aromatic carbocycles. The Hall–Kier alpha value is -1.69. The molecule has 20 heavy (non-hydrogen) atoms. The molecule has 1 saturated heterocycles. The average Bonchev–Trinajstić information content (AvgIpc) is 2.40. The Labute approximate surface area is 118 Å². The van der Waals surface area contributed by atoms with E-state index < -0.39 is 15.2 Å². The highest BCUT2D eigenvalue weighted by molar-refractivity contribution is 7.91. The van der Waals surface area contributed by atoms with E-state index in [1.54, 1.807) is 0 Å². The van der Waals surface area contributed by atoms with Crippen LogP contribution in [0, 0.1) is 0 Å². The minimum atomic E-state index is -3.31. The van der Waals surface area contributed by atoms with Crippen LogP contribution >= 0.6 is 0 Å². The summed E-state index contributed by atoms with van der Waals surface area (Å²) in [6, 6.07) is 9.57. The second-order valence-corrected chi connectivity index (χ2v) is 7.24. The highest BCUT2D eigenvalue weighted by atomic mass is 32.2. The first-order valence-corrected chi connectivity index (χ1v) is 8.37. The molecule has 108 valence electrons. The van der Waals surface area contributed by atoms with Crippen LogP contribution in [-0.4, -0.2) is 43.2 Å². The fourth-order valence-electron chi connectivity index (χ4n) is 2.19. The zero-order chi connectivity index (χ0) is 14.8. The van der Waals surface area contributed by atoms with Crippen LogP contribution in [0.4, 0.5) is 0 Å². The Morgan fingerprint density at radius 1 is 1.30 bits per heavy atom. The smallest absolute Gasteiger partial charge is 0.227 e. The summed E-state index contributed by atoms with van der Waals surface area (Å²) < 4.78 is 22.9. The van der Waals surface area contributed by atoms with E-state index in [4.69, 9.17) is 0 Å². The summed E-state index contributed by atoms with van der Waals surface area (Å²) in [6.07, 6.45) is 1.99. The van der Waals surface area contributed by atoms with E-state index in [0.29, 0.717) is 12.8 Å². The van der Waals surface area contributed by atoms with Gasteiger partial charge < -0.3 is 4.90 Å². The van der Waals surface area contributed by atoms with E-state index in [0.717, 1.165) is 16.7 Å². The molecule has 0 radical (unpaired) electrons. The van der Waals surface area contributed by atoms with E-state index in [1.807, 2.05) is 30.3 Å². The van der Waals surface area contributed by atoms with Gasteiger partial charge in [-0.1, -0.05) is 30.3 Å². The molecule has 1 heterocycles. The van der Waals surface area contributed by atoms with E-state index in [2.05, 4.69) is 0 Å². The minimum Gasteiger partial charge on any atom is -0.318 e. The first-order valence-electron chi connectivity index (χ1n) is 6.42. The fourth-order valence-corrected chi connectivity index (χ4v) is 3.29. The van der Waals surface area contributed by atoms with E-state index in [1.165, 1.54) is 0 Å². The summed E-state index contributed by atoms with van der Waals surface area (Å²) in [6.45, 7) is -0.108. The quantitative estimate of drug-likeness (QED) is 0.728. The molecule has 0 saturated carbocycles. The standard InChI is InChI=1S/C14H17NO4S/c1-20(18,19)14-9-13(17)15(14)10-12(16)8-7-11-5-3-2-4-6-11/h2-6,14H,7-10H2,1H3. The van der Waals surface area contributed by atoms with Crippen molar-refractivity contribution in [2.24, 2.45) is 0 Å². The van der Waals surface area contributed by atoms with Gasteiger partial charge in [-0.15, -0.1) is 0 Å². The number of ketones is 1. The number of hydrogen-bond acceptors (Lipinski definition) is 4. The van der Waals surface area contributed by atoms with Gasteiger partial charge in [0.25, 0.3) is 0 Å². The number of carbonyl (C=O) groups excluding carboxylic acids is 2. The second-order valence-electron chi connectivity index (χ2n) is 5.03. The molecule has 0 aromatic heterocycles. The van der Waals surface area contributed by atoms with Gasteiger partial charge in [0.2, 0.25) is 5.91 Å². The van der Waals surface area contributed by atoms with Gasteiger partial charge in [-0.25, -0.2) is 8.42 Å². The number of benzene rings is 1. The summed E-state index contributed by atoms with van der Waals surface area (Å²) in [5.41, 5.74) is 1.05. The van der Waals surface area contributed by atoms with Crippen LogP contribution in [0.3, 0.4) is 0 Å². The molecular formula is C14H17NO4S. The van der Waals surface area contributed by atoms with Crippen LogP contribution in [0.15, 0.2) is 30.3 Å². The minimum absolute atomic E-state index is 0.00913. The summed E-state index contributed by atoms with van der Waals surface area (Å²) in [7, 11) is -3.31. The number of rotatable bonds is 6. The van der Waals surface area contributed by atoms with Crippen molar-refractivity contribution in [1.82, 2.24) is 4.90 Å². The Morgan fingerprint density at radius 3 is 2.50 bits per heavy atom. The number of hydrogen-bond donors (Lipinski definition) is 0. The molecule has 0 N–H and O–H groups in total. The van der Waals surface area contributed by atoms with Crippen LogP contribution in [0.5, 0.6) is 0 Å². The molecule has 2 rings (SSSR count). The molecule has 1 fully saturated rings. The Bertz CT molecular complexity index is 609. The maximum atomic E-state index is 11.8. The maximum absolute atomic E-state index is 11.8. The van der Waals surface area contributed by atoms with Gasteiger partial charge in [0.15, 0.2) is 15.6 Å². The van der Waals surface area contributed by atoms with Crippen molar-refractivity contribution in [3.05, 3.63) is 35.9 Å². The molecule has 0 bridgehead atoms. The Balaban J connectivity index is 1.87. The lowest BCUT2D eigenvalue weighted by Crippen LogP contribution is -2.57. The van der Waals surface area contributed by atoms with Gasteiger partial charge >= 0.3 is 0 Å². The van der Waals surface area contributed by atoms with Crippen LogP contribution in [0.2, 0.25) is 0 Å². The lowest BCUT2D eigenvalue weighted by atomic mass is 10.1. The van der Waals surface area contributed by atoms with Gasteiger partial charge in [0, 0.05) is 12.7 Å². The molecule has 1 aliphatic rings. The van der Waals surface area contributed by atoms with Crippen molar-refractivity contribution in [2.45, 2.75) is 24.6 Å². The third-order valence-electron chi connectivity index (χ3n) is 3.39. The van der Waals surface area contributed by atoms with E-state index in [-0.39, 0.29) is 24.7 Å². The van der Waals surface area contributed by atoms with Crippen molar-refractivity contribution in [3.8, 4) is 0 Å². The largest absolute Gasteiger partial charge is 0.318 e. The average molecular weight is 295 g/mol. The SMILES string of the molecule is CS(=O)(=O)C1CC(=O)N1CC(=O)CCc1ccccc1. The van der Waals surface area contributed by atoms with Gasteiger partial charge in [-0.2, -0.15) is 0 Å². The number of amides is 1. The molecular weight excluding hydrogens is 278 g/mol. The Kier molecular flexibility index (Phi) is 4.23. The highest BCUT2D eigenvalue weighted by Crippen LogP contribution is 2.23. The predicted octanol–water partition coefficient (Wildman–Crippen LogP) is 0.791. The molecule has 1 aromatic rings. The first-order chi connectivity index (χ1) is 9.38. The topological polar surface area (TPSA) is 71.5 Å². The summed E-state index contributed by atoms with van der Waals surface area (Å²) in [5, 5.41) is -0.823. The molecule has 0 spiro atoms. The normalized spacial score (nSPS) is 18.8. The highest BCUT2D eigenvalue weighted by Gasteiger charge is 2.43. The van der Waals surface area contributed by atoms with Crippen LogP contribution in [0.1, 0.15) is 18.4 Å². The monoisotopic (exact) mass is 295 g/mol. The van der Waals surface area contributed by atoms with Gasteiger partial charge in [-0.05, 0) is 12.0 Å². The predicted molar refractivity (Wildman–Crippen MR) is 74.7 cm³/mol. The van der Waals surface area contributed by atoms with Gasteiger partial charge in [-0.3, -0.25) is 9.59 Å². The molecule has 1 unspecified atom stereocenters. The number of aryl methyl sites for hydroxylation is 1. The van der Waals surface area contributed by atoms with Crippen LogP contribution in [0.25, 0.3) is 0 Å². The van der Waals surface area contributed by atoms with Crippen LogP contribution in [-0.2, 0) is 25.8 Å². The molecule has 1 amide bonds. The van der Waals surface area contributed by atoms with E-state index >= 15 is 0 Å². The zero-order valence-electron chi connectivity index (χ0n) is 11.3. The first kappa shape index (κ1) is 14.7. The fraction of sp³-hybridized carbons (Fsp3) is 0.429. The second kappa shape index (κ2) is 5.75. The number of carbonyl (C=O) groups is 2. The van der Waals surface area contributed by atoms with Gasteiger partial charge in [0.05, 0.1) is 13.0 Å². The molecule has 1 atom stereocenters. The third-order valence-corrected chi connectivity index (χ3v) is 4.80. The van der Waals surface area contributed by atoms with Crippen molar-refractivity contribution in [1.29, 1.82) is 0 Å². The van der Waals surface area contributed by atoms with Crippen molar-refractivity contribution >= 4 is 21.5 Å². The molecule has 0 aliphatic carbocycles. The van der Waals surface area contributed by atoms with Crippen molar-refractivity contribution < 1.29 is 18.0 Å². The van der Waals surface area contributed by atoms with Crippen molar-refractivity contribution in [2.75, 3.05) is 12.8 Å². The molecule has 5 nitrogen and oxygen atoms in total. The maximum Gasteiger partial charge on any atom is 0.227 e. The number of sulfone groups is 1. The lowest BCUT2D eigenvalue weighted by molar-refractivity contribution is -0.145. The third kappa shape index (κ3) is 3.45. The molecule has 6 heteroatoms. The van der Waals surface area contributed by atoms with Crippen molar-refractivity contribution in [3.63, 3.8) is 0 Å². The number of β-lactam (4-membered cyclic amide) rings is 1. The summed E-state index contributed by atoms with van der Waals surface area (Å²) >= 11 is 0. The summed E-state index contributed by atoms with van der Waals surface area (Å²) in [5.74, 6) is -0.385. The van der Waals surface area contributed by atoms with E-state index in [9.17, 15) is 18.0 Å².